The first kappa shape index (κ1) is 17.6. The molecule has 1 amide bonds. The number of aromatic nitrogens is 2. The molecular formula is C22H16FN3O2. The molecule has 0 fully saturated rings. The van der Waals surface area contributed by atoms with Gasteiger partial charge in [0, 0.05) is 5.56 Å². The van der Waals surface area contributed by atoms with Crippen LogP contribution in [0.25, 0.3) is 22.6 Å². The number of benzene rings is 3. The lowest BCUT2D eigenvalue weighted by Gasteiger charge is -2.06. The van der Waals surface area contributed by atoms with Crippen molar-refractivity contribution in [3.63, 3.8) is 0 Å². The van der Waals surface area contributed by atoms with Crippen molar-refractivity contribution in [3.8, 4) is 22.6 Å². The molecule has 0 saturated heterocycles. The number of hydrogen-bond donors (Lipinski definition) is 1. The lowest BCUT2D eigenvalue weighted by Crippen LogP contribution is -2.22. The maximum absolute atomic E-state index is 13.8. The van der Waals surface area contributed by atoms with Crippen LogP contribution in [0.3, 0.4) is 0 Å². The number of hydrogen-bond acceptors (Lipinski definition) is 4. The Balaban J connectivity index is 1.45. The van der Waals surface area contributed by atoms with Crippen LogP contribution in [-0.4, -0.2) is 16.1 Å². The third-order valence-electron chi connectivity index (χ3n) is 4.20. The highest BCUT2D eigenvalue weighted by atomic mass is 19.1. The maximum Gasteiger partial charge on any atom is 0.251 e. The molecule has 0 aliphatic rings. The average Bonchev–Trinajstić information content (AvgIpc) is 3.22. The Bertz CT molecular complexity index is 1110. The molecule has 28 heavy (non-hydrogen) atoms. The Hall–Kier alpha value is -3.80. The van der Waals surface area contributed by atoms with E-state index in [1.807, 2.05) is 48.5 Å². The monoisotopic (exact) mass is 373 g/mol. The van der Waals surface area contributed by atoms with Crippen LogP contribution in [0.5, 0.6) is 0 Å². The Morgan fingerprint density at radius 1 is 0.893 bits per heavy atom. The molecule has 0 unspecified atom stereocenters. The van der Waals surface area contributed by atoms with E-state index in [1.165, 1.54) is 6.07 Å². The van der Waals surface area contributed by atoms with Gasteiger partial charge in [-0.3, -0.25) is 4.79 Å². The summed E-state index contributed by atoms with van der Waals surface area (Å²) in [4.78, 5) is 12.5. The van der Waals surface area contributed by atoms with Crippen molar-refractivity contribution in [3.05, 3.63) is 96.1 Å². The van der Waals surface area contributed by atoms with E-state index in [9.17, 15) is 9.18 Å². The van der Waals surface area contributed by atoms with Crippen LogP contribution in [0, 0.1) is 5.82 Å². The fraction of sp³-hybridized carbons (Fsp3) is 0.0455. The molecule has 0 spiro atoms. The van der Waals surface area contributed by atoms with Crippen molar-refractivity contribution in [2.45, 2.75) is 6.54 Å². The second-order valence-corrected chi connectivity index (χ2v) is 6.11. The minimum atomic E-state index is -0.445. The van der Waals surface area contributed by atoms with E-state index in [1.54, 1.807) is 24.3 Å². The SMILES string of the molecule is O=C(NCc1nnc(-c2ccccc2F)o1)c1cccc(-c2ccccc2)c1. The first-order chi connectivity index (χ1) is 13.7. The predicted molar refractivity (Wildman–Crippen MR) is 103 cm³/mol. The van der Waals surface area contributed by atoms with Gasteiger partial charge < -0.3 is 9.73 Å². The first-order valence-corrected chi connectivity index (χ1v) is 8.72. The van der Waals surface area contributed by atoms with Crippen molar-refractivity contribution < 1.29 is 13.6 Å². The molecule has 6 heteroatoms. The van der Waals surface area contributed by atoms with Gasteiger partial charge in [0.1, 0.15) is 5.82 Å². The molecular weight excluding hydrogens is 357 g/mol. The second-order valence-electron chi connectivity index (χ2n) is 6.11. The van der Waals surface area contributed by atoms with Gasteiger partial charge in [0.05, 0.1) is 12.1 Å². The van der Waals surface area contributed by atoms with E-state index < -0.39 is 5.82 Å². The minimum absolute atomic E-state index is 0.0514. The van der Waals surface area contributed by atoms with Crippen LogP contribution < -0.4 is 5.32 Å². The molecule has 4 aromatic rings. The number of rotatable bonds is 5. The zero-order valence-corrected chi connectivity index (χ0v) is 14.8. The Morgan fingerprint density at radius 3 is 2.46 bits per heavy atom. The lowest BCUT2D eigenvalue weighted by molar-refractivity contribution is 0.0947. The van der Waals surface area contributed by atoms with Crippen molar-refractivity contribution in [2.24, 2.45) is 0 Å². The molecule has 3 aromatic carbocycles. The van der Waals surface area contributed by atoms with E-state index >= 15 is 0 Å². The van der Waals surface area contributed by atoms with E-state index in [0.717, 1.165) is 11.1 Å². The Morgan fingerprint density at radius 2 is 1.64 bits per heavy atom. The van der Waals surface area contributed by atoms with E-state index in [2.05, 4.69) is 15.5 Å². The molecule has 138 valence electrons. The number of nitrogens with zero attached hydrogens (tertiary/aromatic N) is 2. The average molecular weight is 373 g/mol. The first-order valence-electron chi connectivity index (χ1n) is 8.72. The van der Waals surface area contributed by atoms with Gasteiger partial charge in [-0.05, 0) is 35.4 Å². The van der Waals surface area contributed by atoms with Gasteiger partial charge in [-0.1, -0.05) is 54.6 Å². The Labute approximate surface area is 160 Å². The van der Waals surface area contributed by atoms with Crippen LogP contribution in [0.1, 0.15) is 16.2 Å². The fourth-order valence-corrected chi connectivity index (χ4v) is 2.80. The summed E-state index contributed by atoms with van der Waals surface area (Å²) in [6, 6.07) is 23.3. The summed E-state index contributed by atoms with van der Waals surface area (Å²) in [5, 5.41) is 10.5. The number of amides is 1. The fourth-order valence-electron chi connectivity index (χ4n) is 2.80. The van der Waals surface area contributed by atoms with Crippen LogP contribution >= 0.6 is 0 Å². The molecule has 0 bridgehead atoms. The number of carbonyl (C=O) groups excluding carboxylic acids is 1. The largest absolute Gasteiger partial charge is 0.419 e. The van der Waals surface area contributed by atoms with Gasteiger partial charge in [0.15, 0.2) is 0 Å². The molecule has 0 aliphatic heterocycles. The zero-order valence-electron chi connectivity index (χ0n) is 14.8. The number of nitrogens with one attached hydrogen (secondary N) is 1. The maximum atomic E-state index is 13.8. The molecule has 1 heterocycles. The summed E-state index contributed by atoms with van der Waals surface area (Å²) in [6.45, 7) is 0.0514. The third-order valence-corrected chi connectivity index (χ3v) is 4.20. The molecule has 4 rings (SSSR count). The van der Waals surface area contributed by atoms with Crippen molar-refractivity contribution in [2.75, 3.05) is 0 Å². The highest BCUT2D eigenvalue weighted by Gasteiger charge is 2.14. The van der Waals surface area contributed by atoms with Crippen LogP contribution in [-0.2, 0) is 6.54 Å². The van der Waals surface area contributed by atoms with Crippen molar-refractivity contribution in [1.82, 2.24) is 15.5 Å². The van der Waals surface area contributed by atoms with E-state index in [0.29, 0.717) is 5.56 Å². The summed E-state index contributed by atoms with van der Waals surface area (Å²) >= 11 is 0. The normalized spacial score (nSPS) is 10.6. The quantitative estimate of drug-likeness (QED) is 0.560. The molecule has 1 aromatic heterocycles. The van der Waals surface area contributed by atoms with Crippen LogP contribution in [0.2, 0.25) is 0 Å². The lowest BCUT2D eigenvalue weighted by atomic mass is 10.0. The van der Waals surface area contributed by atoms with Crippen LogP contribution in [0.4, 0.5) is 4.39 Å². The van der Waals surface area contributed by atoms with Gasteiger partial charge >= 0.3 is 0 Å². The highest BCUT2D eigenvalue weighted by Crippen LogP contribution is 2.21. The zero-order chi connectivity index (χ0) is 19.3. The predicted octanol–water partition coefficient (Wildman–Crippen LogP) is 4.47. The molecule has 0 aliphatic carbocycles. The van der Waals surface area contributed by atoms with Gasteiger partial charge in [0.25, 0.3) is 11.8 Å². The molecule has 0 saturated carbocycles. The van der Waals surface area contributed by atoms with Gasteiger partial charge in [-0.15, -0.1) is 10.2 Å². The number of carbonyl (C=O) groups is 1. The topological polar surface area (TPSA) is 68.0 Å². The standard InChI is InChI=1S/C22H16FN3O2/c23-19-12-5-4-11-18(19)22-26-25-20(28-22)14-24-21(27)17-10-6-9-16(13-17)15-7-2-1-3-8-15/h1-13H,14H2,(H,24,27). The van der Waals surface area contributed by atoms with E-state index in [4.69, 9.17) is 4.42 Å². The van der Waals surface area contributed by atoms with Crippen molar-refractivity contribution >= 4 is 5.91 Å². The molecule has 1 N–H and O–H groups in total. The molecule has 0 atom stereocenters. The van der Waals surface area contributed by atoms with Crippen LogP contribution in [0.15, 0.2) is 83.3 Å². The summed E-state index contributed by atoms with van der Waals surface area (Å²) in [7, 11) is 0. The van der Waals surface area contributed by atoms with E-state index in [-0.39, 0.29) is 29.8 Å². The second kappa shape index (κ2) is 7.84. The summed E-state index contributed by atoms with van der Waals surface area (Å²) in [6.07, 6.45) is 0. The Kier molecular flexibility index (Phi) is 4.93. The molecule has 0 radical (unpaired) electrons. The third kappa shape index (κ3) is 3.81. The van der Waals surface area contributed by atoms with Gasteiger partial charge in [-0.2, -0.15) is 0 Å². The summed E-state index contributed by atoms with van der Waals surface area (Å²) in [5.41, 5.74) is 2.73. The summed E-state index contributed by atoms with van der Waals surface area (Å²) < 4.78 is 19.3. The minimum Gasteiger partial charge on any atom is -0.419 e. The summed E-state index contributed by atoms with van der Waals surface area (Å²) in [5.74, 6) is -0.429. The van der Waals surface area contributed by atoms with Crippen molar-refractivity contribution in [1.29, 1.82) is 0 Å². The van der Waals surface area contributed by atoms with Gasteiger partial charge in [-0.25, -0.2) is 4.39 Å². The molecule has 5 nitrogen and oxygen atoms in total. The van der Waals surface area contributed by atoms with Gasteiger partial charge in [0.2, 0.25) is 5.89 Å². The highest BCUT2D eigenvalue weighted by molar-refractivity contribution is 5.95. The number of halogens is 1. The smallest absolute Gasteiger partial charge is 0.251 e.